The molecular formula is C15H14F3N3O2. The lowest BCUT2D eigenvalue weighted by molar-refractivity contribution is -0.153. The van der Waals surface area contributed by atoms with E-state index in [9.17, 15) is 18.0 Å². The molecule has 1 N–H and O–H groups in total. The Morgan fingerprint density at radius 1 is 1.26 bits per heavy atom. The van der Waals surface area contributed by atoms with Crippen molar-refractivity contribution in [1.29, 1.82) is 0 Å². The molecular weight excluding hydrogens is 311 g/mol. The molecule has 0 saturated carbocycles. The van der Waals surface area contributed by atoms with Crippen molar-refractivity contribution >= 4 is 11.6 Å². The maximum absolute atomic E-state index is 12.2. The van der Waals surface area contributed by atoms with Gasteiger partial charge in [-0.2, -0.15) is 23.4 Å². The molecule has 0 aliphatic rings. The number of rotatable bonds is 4. The fourth-order valence-corrected chi connectivity index (χ4v) is 1.90. The van der Waals surface area contributed by atoms with Crippen molar-refractivity contribution in [1.82, 2.24) is 10.2 Å². The molecule has 5 nitrogen and oxygen atoms in total. The summed E-state index contributed by atoms with van der Waals surface area (Å²) >= 11 is 0. The van der Waals surface area contributed by atoms with Gasteiger partial charge in [-0.1, -0.05) is 6.07 Å². The molecule has 8 heteroatoms. The van der Waals surface area contributed by atoms with Crippen LogP contribution < -0.4 is 10.1 Å². The van der Waals surface area contributed by atoms with E-state index in [4.69, 9.17) is 4.74 Å². The zero-order valence-electron chi connectivity index (χ0n) is 12.4. The Hall–Kier alpha value is -2.64. The van der Waals surface area contributed by atoms with Gasteiger partial charge in [-0.05, 0) is 32.0 Å². The number of aromatic nitrogens is 2. The van der Waals surface area contributed by atoms with E-state index in [1.807, 2.05) is 0 Å². The molecule has 1 amide bonds. The third-order valence-corrected chi connectivity index (χ3v) is 3.07. The van der Waals surface area contributed by atoms with Gasteiger partial charge in [0.25, 0.3) is 5.91 Å². The van der Waals surface area contributed by atoms with Gasteiger partial charge in [-0.3, -0.25) is 4.79 Å². The van der Waals surface area contributed by atoms with Gasteiger partial charge in [0.05, 0.1) is 17.5 Å². The molecule has 0 saturated heterocycles. The summed E-state index contributed by atoms with van der Waals surface area (Å²) in [6, 6.07) is 6.01. The van der Waals surface area contributed by atoms with Crippen molar-refractivity contribution in [2.45, 2.75) is 20.0 Å². The van der Waals surface area contributed by atoms with Crippen LogP contribution in [-0.2, 0) is 0 Å². The fraction of sp³-hybridized carbons (Fsp3) is 0.267. The number of nitrogens with zero attached hydrogens (tertiary/aromatic N) is 2. The van der Waals surface area contributed by atoms with Crippen molar-refractivity contribution < 1.29 is 22.7 Å². The molecule has 0 bridgehead atoms. The Balaban J connectivity index is 2.18. The van der Waals surface area contributed by atoms with Crippen molar-refractivity contribution in [3.8, 4) is 5.75 Å². The summed E-state index contributed by atoms with van der Waals surface area (Å²) in [6.07, 6.45) is -3.04. The first-order chi connectivity index (χ1) is 10.8. The van der Waals surface area contributed by atoms with Gasteiger partial charge in [-0.25, -0.2) is 0 Å². The number of nitrogens with one attached hydrogen (secondary N) is 1. The summed E-state index contributed by atoms with van der Waals surface area (Å²) in [4.78, 5) is 12.2. The highest BCUT2D eigenvalue weighted by atomic mass is 19.4. The monoisotopic (exact) mass is 325 g/mol. The van der Waals surface area contributed by atoms with E-state index in [-0.39, 0.29) is 5.75 Å². The number of carbonyl (C=O) groups excluding carboxylic acids is 1. The van der Waals surface area contributed by atoms with Crippen LogP contribution in [0.3, 0.4) is 0 Å². The second kappa shape index (κ2) is 6.64. The van der Waals surface area contributed by atoms with Crippen LogP contribution in [0.4, 0.5) is 18.9 Å². The van der Waals surface area contributed by atoms with Crippen LogP contribution in [0.1, 0.15) is 21.6 Å². The van der Waals surface area contributed by atoms with Crippen LogP contribution in [0, 0.1) is 13.8 Å². The third-order valence-electron chi connectivity index (χ3n) is 3.07. The average Bonchev–Trinajstić information content (AvgIpc) is 2.47. The van der Waals surface area contributed by atoms with E-state index >= 15 is 0 Å². The van der Waals surface area contributed by atoms with E-state index in [1.165, 1.54) is 24.4 Å². The summed E-state index contributed by atoms with van der Waals surface area (Å²) in [5.74, 6) is -0.363. The largest absolute Gasteiger partial charge is 0.484 e. The lowest BCUT2D eigenvalue weighted by atomic mass is 10.1. The highest BCUT2D eigenvalue weighted by Crippen LogP contribution is 2.27. The number of benzene rings is 1. The molecule has 2 aromatic rings. The molecule has 0 aliphatic heterocycles. The Morgan fingerprint density at radius 3 is 2.65 bits per heavy atom. The van der Waals surface area contributed by atoms with E-state index < -0.39 is 18.7 Å². The van der Waals surface area contributed by atoms with Gasteiger partial charge >= 0.3 is 6.18 Å². The number of hydrogen-bond acceptors (Lipinski definition) is 4. The molecule has 0 unspecified atom stereocenters. The van der Waals surface area contributed by atoms with Crippen LogP contribution in [0.2, 0.25) is 0 Å². The van der Waals surface area contributed by atoms with Crippen LogP contribution >= 0.6 is 0 Å². The second-order valence-electron chi connectivity index (χ2n) is 4.82. The summed E-state index contributed by atoms with van der Waals surface area (Å²) in [5.41, 5.74) is 1.56. The zero-order chi connectivity index (χ0) is 17.0. The number of amides is 1. The normalized spacial score (nSPS) is 11.2. The van der Waals surface area contributed by atoms with Gasteiger partial charge < -0.3 is 10.1 Å². The summed E-state index contributed by atoms with van der Waals surface area (Å²) in [7, 11) is 0. The Bertz CT molecular complexity index is 717. The molecule has 0 radical (unpaired) electrons. The van der Waals surface area contributed by atoms with Crippen LogP contribution in [0.15, 0.2) is 30.5 Å². The first-order valence-electron chi connectivity index (χ1n) is 6.67. The molecule has 2 rings (SSSR count). The molecule has 1 aromatic carbocycles. The lowest BCUT2D eigenvalue weighted by Gasteiger charge is -2.15. The topological polar surface area (TPSA) is 64.1 Å². The van der Waals surface area contributed by atoms with Gasteiger partial charge in [0, 0.05) is 11.3 Å². The van der Waals surface area contributed by atoms with Crippen LogP contribution in [0.25, 0.3) is 0 Å². The van der Waals surface area contributed by atoms with Gasteiger partial charge in [0.15, 0.2) is 6.61 Å². The van der Waals surface area contributed by atoms with Crippen molar-refractivity contribution in [2.75, 3.05) is 11.9 Å². The molecule has 1 aromatic heterocycles. The molecule has 0 atom stereocenters. The Morgan fingerprint density at radius 2 is 2.00 bits per heavy atom. The van der Waals surface area contributed by atoms with Gasteiger partial charge in [0.1, 0.15) is 5.75 Å². The minimum Gasteiger partial charge on any atom is -0.484 e. The summed E-state index contributed by atoms with van der Waals surface area (Å²) < 4.78 is 41.5. The minimum absolute atomic E-state index is 0.0599. The lowest BCUT2D eigenvalue weighted by Crippen LogP contribution is -2.20. The smallest absolute Gasteiger partial charge is 0.422 e. The quantitative estimate of drug-likeness (QED) is 0.937. The molecule has 23 heavy (non-hydrogen) atoms. The zero-order valence-corrected chi connectivity index (χ0v) is 12.4. The number of halogens is 3. The Kier molecular flexibility index (Phi) is 4.83. The molecule has 0 spiro atoms. The maximum atomic E-state index is 12.2. The molecule has 0 aliphatic carbocycles. The SMILES string of the molecule is Cc1nnccc1C(=O)Nc1cccc(OCC(F)(F)F)c1C. The van der Waals surface area contributed by atoms with Gasteiger partial charge in [-0.15, -0.1) is 0 Å². The van der Waals surface area contributed by atoms with E-state index in [0.29, 0.717) is 22.5 Å². The third kappa shape index (κ3) is 4.41. The highest BCUT2D eigenvalue weighted by molar-refractivity contribution is 6.05. The van der Waals surface area contributed by atoms with Crippen molar-refractivity contribution in [3.63, 3.8) is 0 Å². The average molecular weight is 325 g/mol. The number of hydrogen-bond donors (Lipinski definition) is 1. The predicted molar refractivity (Wildman–Crippen MR) is 77.5 cm³/mol. The second-order valence-corrected chi connectivity index (χ2v) is 4.82. The first-order valence-corrected chi connectivity index (χ1v) is 6.67. The van der Waals surface area contributed by atoms with E-state index in [1.54, 1.807) is 19.9 Å². The standard InChI is InChI=1S/C15H14F3N3O2/c1-9-12(4-3-5-13(9)23-8-15(16,17)18)20-14(22)11-6-7-19-21-10(11)2/h3-7H,8H2,1-2H3,(H,20,22). The van der Waals surface area contributed by atoms with Crippen LogP contribution in [-0.4, -0.2) is 28.9 Å². The van der Waals surface area contributed by atoms with E-state index in [2.05, 4.69) is 15.5 Å². The summed E-state index contributed by atoms with van der Waals surface area (Å²) in [5, 5.41) is 10.1. The van der Waals surface area contributed by atoms with Gasteiger partial charge in [0.2, 0.25) is 0 Å². The van der Waals surface area contributed by atoms with Crippen LogP contribution in [0.5, 0.6) is 5.75 Å². The Labute approximate surface area is 130 Å². The molecule has 0 fully saturated rings. The van der Waals surface area contributed by atoms with Crippen molar-refractivity contribution in [2.24, 2.45) is 0 Å². The fourth-order valence-electron chi connectivity index (χ4n) is 1.90. The number of ether oxygens (including phenoxy) is 1. The number of anilines is 1. The maximum Gasteiger partial charge on any atom is 0.422 e. The number of alkyl halides is 3. The van der Waals surface area contributed by atoms with E-state index in [0.717, 1.165) is 0 Å². The highest BCUT2D eigenvalue weighted by Gasteiger charge is 2.28. The predicted octanol–water partition coefficient (Wildman–Crippen LogP) is 3.29. The summed E-state index contributed by atoms with van der Waals surface area (Å²) in [6.45, 7) is 1.81. The molecule has 122 valence electrons. The number of aryl methyl sites for hydroxylation is 1. The molecule has 1 heterocycles. The van der Waals surface area contributed by atoms with Crippen molar-refractivity contribution in [3.05, 3.63) is 47.3 Å². The minimum atomic E-state index is -4.43. The first kappa shape index (κ1) is 16.7. The number of carbonyl (C=O) groups is 1.